The van der Waals surface area contributed by atoms with Gasteiger partial charge in [-0.15, -0.1) is 10.2 Å². The van der Waals surface area contributed by atoms with E-state index in [4.69, 9.17) is 0 Å². The Morgan fingerprint density at radius 1 is 1.29 bits per heavy atom. The summed E-state index contributed by atoms with van der Waals surface area (Å²) in [5.41, 5.74) is 1.14. The third-order valence-electron chi connectivity index (χ3n) is 4.22. The minimum atomic E-state index is 0.0299. The first-order chi connectivity index (χ1) is 11.6. The van der Waals surface area contributed by atoms with Gasteiger partial charge in [-0.05, 0) is 31.2 Å². The number of carbonyl (C=O) groups excluding carboxylic acids is 1. The summed E-state index contributed by atoms with van der Waals surface area (Å²) in [6, 6.07) is 10.7. The summed E-state index contributed by atoms with van der Waals surface area (Å²) in [6.07, 6.45) is 2.37. The Balaban J connectivity index is 1.60. The molecule has 1 atom stereocenters. The third-order valence-corrected chi connectivity index (χ3v) is 5.16. The van der Waals surface area contributed by atoms with Crippen LogP contribution in [0.1, 0.15) is 50.2 Å². The number of amides is 1. The fourth-order valence-corrected chi connectivity index (χ4v) is 3.70. The second-order valence-corrected chi connectivity index (χ2v) is 7.56. The summed E-state index contributed by atoms with van der Waals surface area (Å²) in [4.78, 5) is 12.4. The number of nitrogens with one attached hydrogen (secondary N) is 1. The molecule has 1 N–H and O–H groups in total. The van der Waals surface area contributed by atoms with Gasteiger partial charge in [-0.2, -0.15) is 0 Å². The minimum absolute atomic E-state index is 0.0299. The van der Waals surface area contributed by atoms with Crippen molar-refractivity contribution >= 4 is 17.7 Å². The Morgan fingerprint density at radius 2 is 2.00 bits per heavy atom. The van der Waals surface area contributed by atoms with Crippen LogP contribution in [-0.2, 0) is 4.79 Å². The maximum absolute atomic E-state index is 12.4. The zero-order chi connectivity index (χ0) is 17.1. The predicted molar refractivity (Wildman–Crippen MR) is 95.9 cm³/mol. The molecule has 0 spiro atoms. The first-order valence-corrected chi connectivity index (χ1v) is 9.43. The molecule has 1 aliphatic carbocycles. The molecule has 1 unspecified atom stereocenters. The van der Waals surface area contributed by atoms with Gasteiger partial charge in [-0.1, -0.05) is 55.9 Å². The topological polar surface area (TPSA) is 59.8 Å². The summed E-state index contributed by atoms with van der Waals surface area (Å²) in [5, 5.41) is 12.4. The van der Waals surface area contributed by atoms with E-state index in [1.807, 2.05) is 25.1 Å². The van der Waals surface area contributed by atoms with Crippen molar-refractivity contribution in [1.82, 2.24) is 20.1 Å². The largest absolute Gasteiger partial charge is 0.348 e. The van der Waals surface area contributed by atoms with Crippen LogP contribution in [0.15, 0.2) is 35.5 Å². The minimum Gasteiger partial charge on any atom is -0.348 e. The zero-order valence-corrected chi connectivity index (χ0v) is 15.2. The summed E-state index contributed by atoms with van der Waals surface area (Å²) in [6.45, 7) is 6.22. The van der Waals surface area contributed by atoms with Crippen molar-refractivity contribution in [1.29, 1.82) is 0 Å². The number of nitrogens with zero attached hydrogens (tertiary/aromatic N) is 3. The number of benzene rings is 1. The van der Waals surface area contributed by atoms with E-state index < -0.39 is 0 Å². The molecule has 0 bridgehead atoms. The van der Waals surface area contributed by atoms with E-state index in [-0.39, 0.29) is 11.9 Å². The van der Waals surface area contributed by atoms with Gasteiger partial charge in [-0.25, -0.2) is 0 Å². The Hall–Kier alpha value is -1.82. The van der Waals surface area contributed by atoms with E-state index in [0.29, 0.717) is 17.7 Å². The van der Waals surface area contributed by atoms with E-state index in [1.165, 1.54) is 24.6 Å². The highest BCUT2D eigenvalue weighted by Crippen LogP contribution is 2.38. The fraction of sp³-hybridized carbons (Fsp3) is 0.500. The molecule has 1 aliphatic rings. The van der Waals surface area contributed by atoms with Crippen LogP contribution in [-0.4, -0.2) is 26.4 Å². The molecule has 0 radical (unpaired) electrons. The van der Waals surface area contributed by atoms with Crippen LogP contribution in [0, 0.1) is 12.8 Å². The number of rotatable bonds is 7. The predicted octanol–water partition coefficient (Wildman–Crippen LogP) is 3.53. The van der Waals surface area contributed by atoms with E-state index in [0.717, 1.165) is 16.5 Å². The molecule has 1 amide bonds. The van der Waals surface area contributed by atoms with Crippen LogP contribution in [0.3, 0.4) is 0 Å². The van der Waals surface area contributed by atoms with E-state index in [1.54, 1.807) is 0 Å². The van der Waals surface area contributed by atoms with Crippen LogP contribution in [0.4, 0.5) is 0 Å². The van der Waals surface area contributed by atoms with Crippen LogP contribution >= 0.6 is 11.8 Å². The van der Waals surface area contributed by atoms with E-state index in [2.05, 4.69) is 46.1 Å². The molecular formula is C18H24N4OS. The lowest BCUT2D eigenvalue weighted by Gasteiger charge is -2.22. The molecule has 3 rings (SSSR count). The highest BCUT2D eigenvalue weighted by atomic mass is 32.2. The highest BCUT2D eigenvalue weighted by molar-refractivity contribution is 7.99. The van der Waals surface area contributed by atoms with Crippen molar-refractivity contribution in [2.45, 2.75) is 50.9 Å². The summed E-state index contributed by atoms with van der Waals surface area (Å²) in [7, 11) is 0. The van der Waals surface area contributed by atoms with Gasteiger partial charge in [0.15, 0.2) is 5.16 Å². The normalized spacial score (nSPS) is 15.5. The van der Waals surface area contributed by atoms with Crippen molar-refractivity contribution in [2.75, 3.05) is 5.75 Å². The lowest BCUT2D eigenvalue weighted by molar-refractivity contribution is -0.119. The number of thioether (sulfide) groups is 1. The van der Waals surface area contributed by atoms with Crippen LogP contribution in [0.2, 0.25) is 0 Å². The lowest BCUT2D eigenvalue weighted by atomic mass is 9.96. The number of hydrogen-bond acceptors (Lipinski definition) is 4. The van der Waals surface area contributed by atoms with Crippen molar-refractivity contribution in [3.05, 3.63) is 41.7 Å². The smallest absolute Gasteiger partial charge is 0.230 e. The van der Waals surface area contributed by atoms with Gasteiger partial charge >= 0.3 is 0 Å². The molecule has 1 heterocycles. The first kappa shape index (κ1) is 17.0. The monoisotopic (exact) mass is 344 g/mol. The summed E-state index contributed by atoms with van der Waals surface area (Å²) in [5.74, 6) is 1.66. The van der Waals surface area contributed by atoms with Gasteiger partial charge in [0.25, 0.3) is 0 Å². The molecule has 0 saturated heterocycles. The molecule has 2 aromatic rings. The number of aryl methyl sites for hydroxylation is 1. The fourth-order valence-electron chi connectivity index (χ4n) is 2.84. The van der Waals surface area contributed by atoms with Gasteiger partial charge in [0, 0.05) is 6.04 Å². The van der Waals surface area contributed by atoms with Crippen LogP contribution < -0.4 is 5.32 Å². The first-order valence-electron chi connectivity index (χ1n) is 8.45. The van der Waals surface area contributed by atoms with E-state index >= 15 is 0 Å². The third kappa shape index (κ3) is 3.98. The maximum Gasteiger partial charge on any atom is 0.230 e. The number of aromatic nitrogens is 3. The Bertz CT molecular complexity index is 694. The van der Waals surface area contributed by atoms with Crippen molar-refractivity contribution < 1.29 is 4.79 Å². The van der Waals surface area contributed by atoms with Gasteiger partial charge in [-0.3, -0.25) is 4.79 Å². The summed E-state index contributed by atoms with van der Waals surface area (Å²) >= 11 is 1.47. The molecule has 1 aromatic carbocycles. The molecule has 5 nitrogen and oxygen atoms in total. The molecule has 128 valence electrons. The second-order valence-electron chi connectivity index (χ2n) is 6.62. The van der Waals surface area contributed by atoms with Gasteiger partial charge in [0.1, 0.15) is 5.82 Å². The molecule has 0 aliphatic heterocycles. The quantitative estimate of drug-likeness (QED) is 0.781. The van der Waals surface area contributed by atoms with Crippen molar-refractivity contribution in [2.24, 2.45) is 5.92 Å². The number of carbonyl (C=O) groups is 1. The molecular weight excluding hydrogens is 320 g/mol. The Labute approximate surface area is 147 Å². The molecule has 24 heavy (non-hydrogen) atoms. The average molecular weight is 344 g/mol. The molecule has 6 heteroatoms. The van der Waals surface area contributed by atoms with Gasteiger partial charge in [0.2, 0.25) is 5.91 Å². The van der Waals surface area contributed by atoms with Gasteiger partial charge < -0.3 is 9.88 Å². The Kier molecular flexibility index (Phi) is 5.23. The maximum atomic E-state index is 12.4. The van der Waals surface area contributed by atoms with Crippen LogP contribution in [0.5, 0.6) is 0 Å². The SMILES string of the molecule is Cc1nnc(SCC(=O)NC(c2ccccc2)C(C)C)n1C1CC1. The number of hydrogen-bond donors (Lipinski definition) is 1. The second kappa shape index (κ2) is 7.38. The lowest BCUT2D eigenvalue weighted by Crippen LogP contribution is -2.33. The molecule has 1 fully saturated rings. The van der Waals surface area contributed by atoms with Gasteiger partial charge in [0.05, 0.1) is 11.8 Å². The molecule has 1 saturated carbocycles. The Morgan fingerprint density at radius 3 is 2.62 bits per heavy atom. The molecule has 1 aromatic heterocycles. The van der Waals surface area contributed by atoms with Crippen molar-refractivity contribution in [3.63, 3.8) is 0 Å². The van der Waals surface area contributed by atoms with E-state index in [9.17, 15) is 4.79 Å². The average Bonchev–Trinajstić information content (AvgIpc) is 3.34. The summed E-state index contributed by atoms with van der Waals surface area (Å²) < 4.78 is 2.16. The highest BCUT2D eigenvalue weighted by Gasteiger charge is 2.28. The zero-order valence-electron chi connectivity index (χ0n) is 14.4. The van der Waals surface area contributed by atoms with Crippen LogP contribution in [0.25, 0.3) is 0 Å². The van der Waals surface area contributed by atoms with Crippen molar-refractivity contribution in [3.8, 4) is 0 Å². The standard InChI is InChI=1S/C18H24N4OS/c1-12(2)17(14-7-5-4-6-8-14)19-16(23)11-24-18-21-20-13(3)22(18)15-9-10-15/h4-8,12,15,17H,9-11H2,1-3H3,(H,19,23).